The largest absolute Gasteiger partial charge is 0.493 e. The zero-order valence-electron chi connectivity index (χ0n) is 23.5. The van der Waals surface area contributed by atoms with Gasteiger partial charge in [-0.2, -0.15) is 0 Å². The number of hydrogen-bond donors (Lipinski definition) is 2. The quantitative estimate of drug-likeness (QED) is 0.224. The highest BCUT2D eigenvalue weighted by Crippen LogP contribution is 2.34. The Kier molecular flexibility index (Phi) is 9.14. The molecule has 0 spiro atoms. The molecule has 1 heterocycles. The fourth-order valence-corrected chi connectivity index (χ4v) is 5.89. The van der Waals surface area contributed by atoms with Crippen LogP contribution in [0.2, 0.25) is 5.02 Å². The monoisotopic (exact) mass is 573 g/mol. The molecule has 0 saturated heterocycles. The first kappa shape index (κ1) is 28.6. The molecule has 4 aromatic rings. The molecule has 1 atom stereocenters. The number of para-hydroxylation sites is 1. The second-order valence-corrected chi connectivity index (χ2v) is 10.9. The first-order valence-electron chi connectivity index (χ1n) is 14.1. The average molecular weight is 574 g/mol. The number of benzene rings is 3. The molecule has 41 heavy (non-hydrogen) atoms. The van der Waals surface area contributed by atoms with E-state index in [0.29, 0.717) is 22.1 Å². The van der Waals surface area contributed by atoms with Crippen molar-refractivity contribution in [2.45, 2.75) is 57.2 Å². The van der Waals surface area contributed by atoms with Crippen LogP contribution in [0.4, 0.5) is 0 Å². The van der Waals surface area contributed by atoms with Crippen LogP contribution >= 0.6 is 11.6 Å². The molecule has 2 amide bonds. The van der Waals surface area contributed by atoms with Gasteiger partial charge in [-0.05, 0) is 53.8 Å². The summed E-state index contributed by atoms with van der Waals surface area (Å²) in [6.07, 6.45) is 7.17. The lowest BCUT2D eigenvalue weighted by molar-refractivity contribution is -0.141. The van der Waals surface area contributed by atoms with Gasteiger partial charge in [-0.25, -0.2) is 0 Å². The number of H-pyrrole nitrogens is 1. The van der Waals surface area contributed by atoms with Gasteiger partial charge >= 0.3 is 0 Å². The van der Waals surface area contributed by atoms with E-state index in [4.69, 9.17) is 21.1 Å². The van der Waals surface area contributed by atoms with Crippen molar-refractivity contribution in [1.29, 1.82) is 0 Å². The third-order valence-corrected chi connectivity index (χ3v) is 8.24. The zero-order valence-corrected chi connectivity index (χ0v) is 24.2. The zero-order chi connectivity index (χ0) is 28.8. The van der Waals surface area contributed by atoms with Crippen molar-refractivity contribution in [3.05, 3.63) is 94.6 Å². The molecule has 1 unspecified atom stereocenters. The van der Waals surface area contributed by atoms with E-state index < -0.39 is 6.04 Å². The molecule has 214 valence electrons. The number of nitrogens with zero attached hydrogens (tertiary/aromatic N) is 1. The van der Waals surface area contributed by atoms with Gasteiger partial charge in [0.25, 0.3) is 0 Å². The summed E-state index contributed by atoms with van der Waals surface area (Å²) < 4.78 is 11.0. The molecule has 3 aromatic carbocycles. The van der Waals surface area contributed by atoms with Crippen molar-refractivity contribution in [3.63, 3.8) is 0 Å². The molecular weight excluding hydrogens is 538 g/mol. The molecule has 1 aliphatic carbocycles. The molecule has 0 aliphatic heterocycles. The molecule has 1 aliphatic rings. The van der Waals surface area contributed by atoms with Crippen LogP contribution in [-0.2, 0) is 22.6 Å². The maximum absolute atomic E-state index is 14.3. The molecule has 1 fully saturated rings. The van der Waals surface area contributed by atoms with Gasteiger partial charge in [-0.15, -0.1) is 0 Å². The molecular formula is C33H36ClN3O4. The molecule has 5 rings (SSSR count). The summed E-state index contributed by atoms with van der Waals surface area (Å²) >= 11 is 6.59. The molecule has 0 bridgehead atoms. The lowest BCUT2D eigenvalue weighted by atomic mass is 9.94. The van der Waals surface area contributed by atoms with Crippen molar-refractivity contribution in [2.75, 3.05) is 14.2 Å². The van der Waals surface area contributed by atoms with Crippen LogP contribution in [0, 0.1) is 0 Å². The number of aromatic amines is 1. The maximum atomic E-state index is 14.3. The van der Waals surface area contributed by atoms with Gasteiger partial charge in [-0.1, -0.05) is 73.3 Å². The standard InChI is InChI=1S/C33H36ClN3O4/c1-40-29-17-16-22(18-30(29)41-2)32(33(39)36-25-11-4-3-5-12-25)37(21-23-10-6-8-14-27(23)34)31(38)19-24-20-35-28-15-9-7-13-26(24)28/h6-10,13-18,20,25,32,35H,3-5,11-12,19,21H2,1-2H3,(H,36,39). The summed E-state index contributed by atoms with van der Waals surface area (Å²) in [6.45, 7) is 0.165. The Bertz CT molecular complexity index is 1510. The highest BCUT2D eigenvalue weighted by molar-refractivity contribution is 6.31. The summed E-state index contributed by atoms with van der Waals surface area (Å²) in [4.78, 5) is 33.4. The van der Waals surface area contributed by atoms with Gasteiger partial charge in [0.05, 0.1) is 20.6 Å². The van der Waals surface area contributed by atoms with Gasteiger partial charge in [-0.3, -0.25) is 9.59 Å². The summed E-state index contributed by atoms with van der Waals surface area (Å²) in [5, 5.41) is 4.78. The lowest BCUT2D eigenvalue weighted by Crippen LogP contribution is -2.47. The minimum Gasteiger partial charge on any atom is -0.493 e. The Hall–Kier alpha value is -3.97. The van der Waals surface area contributed by atoms with E-state index >= 15 is 0 Å². The molecule has 2 N–H and O–H groups in total. The van der Waals surface area contributed by atoms with E-state index in [-0.39, 0.29) is 30.8 Å². The van der Waals surface area contributed by atoms with Crippen LogP contribution in [0.1, 0.15) is 54.8 Å². The highest BCUT2D eigenvalue weighted by atomic mass is 35.5. The number of rotatable bonds is 10. The Balaban J connectivity index is 1.57. The Morgan fingerprint density at radius 2 is 1.68 bits per heavy atom. The van der Waals surface area contributed by atoms with E-state index in [1.165, 1.54) is 6.42 Å². The lowest BCUT2D eigenvalue weighted by Gasteiger charge is -2.34. The average Bonchev–Trinajstić information content (AvgIpc) is 3.40. The van der Waals surface area contributed by atoms with Gasteiger partial charge in [0.2, 0.25) is 11.8 Å². The fourth-order valence-electron chi connectivity index (χ4n) is 5.70. The van der Waals surface area contributed by atoms with Crippen molar-refractivity contribution >= 4 is 34.3 Å². The first-order chi connectivity index (χ1) is 20.0. The Labute approximate surface area is 245 Å². The van der Waals surface area contributed by atoms with Crippen molar-refractivity contribution in [3.8, 4) is 11.5 Å². The van der Waals surface area contributed by atoms with Gasteiger partial charge in [0.1, 0.15) is 6.04 Å². The molecule has 8 heteroatoms. The van der Waals surface area contributed by atoms with Gasteiger partial charge in [0, 0.05) is 34.7 Å². The second kappa shape index (κ2) is 13.1. The molecule has 1 aromatic heterocycles. The van der Waals surface area contributed by atoms with Crippen molar-refractivity contribution in [1.82, 2.24) is 15.2 Å². The second-order valence-electron chi connectivity index (χ2n) is 10.5. The highest BCUT2D eigenvalue weighted by Gasteiger charge is 2.34. The van der Waals surface area contributed by atoms with E-state index in [1.807, 2.05) is 54.7 Å². The summed E-state index contributed by atoms with van der Waals surface area (Å²) in [5.74, 6) is 0.629. The summed E-state index contributed by atoms with van der Waals surface area (Å²) in [6, 6.07) is 19.8. The maximum Gasteiger partial charge on any atom is 0.247 e. The number of halogens is 1. The van der Waals surface area contributed by atoms with Crippen LogP contribution < -0.4 is 14.8 Å². The van der Waals surface area contributed by atoms with Crippen molar-refractivity contribution < 1.29 is 19.1 Å². The summed E-state index contributed by atoms with van der Waals surface area (Å²) in [5.41, 5.74) is 3.22. The van der Waals surface area contributed by atoms with Crippen molar-refractivity contribution in [2.24, 2.45) is 0 Å². The van der Waals surface area contributed by atoms with Crippen LogP contribution in [-0.4, -0.2) is 42.0 Å². The number of carbonyl (C=O) groups is 2. The molecule has 7 nitrogen and oxygen atoms in total. The minimum atomic E-state index is -0.911. The van der Waals surface area contributed by atoms with Gasteiger partial charge in [0.15, 0.2) is 11.5 Å². The normalized spacial score (nSPS) is 14.4. The van der Waals surface area contributed by atoms with Crippen LogP contribution in [0.15, 0.2) is 72.9 Å². The number of methoxy groups -OCH3 is 2. The van der Waals surface area contributed by atoms with E-state index in [1.54, 1.807) is 37.3 Å². The number of aromatic nitrogens is 1. The predicted molar refractivity (Wildman–Crippen MR) is 161 cm³/mol. The third-order valence-electron chi connectivity index (χ3n) is 7.87. The number of fused-ring (bicyclic) bond motifs is 1. The number of nitrogens with one attached hydrogen (secondary N) is 2. The fraction of sp³-hybridized carbons (Fsp3) is 0.333. The van der Waals surface area contributed by atoms with Crippen LogP contribution in [0.3, 0.4) is 0 Å². The molecule has 1 saturated carbocycles. The molecule has 0 radical (unpaired) electrons. The SMILES string of the molecule is COc1ccc(C(C(=O)NC2CCCCC2)N(Cc2ccccc2Cl)C(=O)Cc2c[nH]c3ccccc23)cc1OC. The summed E-state index contributed by atoms with van der Waals surface area (Å²) in [7, 11) is 3.13. The van der Waals surface area contributed by atoms with E-state index in [9.17, 15) is 9.59 Å². The van der Waals surface area contributed by atoms with E-state index in [0.717, 1.165) is 47.7 Å². The number of carbonyl (C=O) groups excluding carboxylic acids is 2. The van der Waals surface area contributed by atoms with Crippen LogP contribution in [0.5, 0.6) is 11.5 Å². The Morgan fingerprint density at radius 3 is 2.44 bits per heavy atom. The number of ether oxygens (including phenoxy) is 2. The third kappa shape index (κ3) is 6.51. The first-order valence-corrected chi connectivity index (χ1v) is 14.5. The topological polar surface area (TPSA) is 83.7 Å². The number of amides is 2. The van der Waals surface area contributed by atoms with Gasteiger partial charge < -0.3 is 24.7 Å². The minimum absolute atomic E-state index is 0.0739. The number of hydrogen-bond acceptors (Lipinski definition) is 4. The predicted octanol–water partition coefficient (Wildman–Crippen LogP) is 6.60. The van der Waals surface area contributed by atoms with Crippen LogP contribution in [0.25, 0.3) is 10.9 Å². The van der Waals surface area contributed by atoms with E-state index in [2.05, 4.69) is 10.3 Å². The smallest absolute Gasteiger partial charge is 0.247 e. The Morgan fingerprint density at radius 1 is 0.951 bits per heavy atom.